The zero-order valence-corrected chi connectivity index (χ0v) is 25.8. The van der Waals surface area contributed by atoms with Gasteiger partial charge in [-0.05, 0) is 108 Å². The van der Waals surface area contributed by atoms with Gasteiger partial charge in [-0.2, -0.15) is 0 Å². The molecule has 2 N–H and O–H groups in total. The topological polar surface area (TPSA) is 84.2 Å². The molecule has 1 aromatic rings. The number of hydrogen-bond donors (Lipinski definition) is 2. The minimum atomic E-state index is -0.556. The lowest BCUT2D eigenvalue weighted by Gasteiger charge is -2.72. The van der Waals surface area contributed by atoms with Crippen LogP contribution in [-0.2, 0) is 16.1 Å². The third-order valence-corrected chi connectivity index (χ3v) is 13.7. The van der Waals surface area contributed by atoms with E-state index < -0.39 is 5.54 Å². The van der Waals surface area contributed by atoms with Crippen LogP contribution in [-0.4, -0.2) is 38.0 Å². The first-order valence-corrected chi connectivity index (χ1v) is 15.9. The third-order valence-electron chi connectivity index (χ3n) is 13.7. The van der Waals surface area contributed by atoms with Crippen LogP contribution in [0.2, 0.25) is 0 Å². The van der Waals surface area contributed by atoms with Gasteiger partial charge >= 0.3 is 0 Å². The molecule has 0 saturated heterocycles. The number of Topliss-reactive ketones (excluding diaryl/α,β-unsaturated/α-hetero) is 1. The molecule has 220 valence electrons. The predicted molar refractivity (Wildman–Crippen MR) is 156 cm³/mol. The van der Waals surface area contributed by atoms with E-state index in [0.717, 1.165) is 50.5 Å². The number of allylic oxidation sites excluding steroid dienone is 1. The summed E-state index contributed by atoms with van der Waals surface area (Å²) in [5, 5.41) is 14.5. The number of amides is 1. The average molecular weight is 550 g/mol. The second-order valence-electron chi connectivity index (χ2n) is 15.9. The number of carbonyl (C=O) groups is 2. The lowest BCUT2D eigenvalue weighted by atomic mass is 9.33. The van der Waals surface area contributed by atoms with Crippen molar-refractivity contribution in [1.29, 1.82) is 0 Å². The molecule has 4 fully saturated rings. The highest BCUT2D eigenvalue weighted by atomic mass is 16.3. The SMILES string of the molecule is CC(C)C1=C2[C@H]3CC[C@@H]4[C@@]5(C)CC[C@H](O)C(C)(C)[C@@H]5CC[C@@]4(C)[C@]3(C)CC[C@@]2(NC(=O)Cn2ccnc2)CC1=O. The highest BCUT2D eigenvalue weighted by molar-refractivity contribution is 6.02. The molecule has 8 atom stereocenters. The first kappa shape index (κ1) is 28.2. The summed E-state index contributed by atoms with van der Waals surface area (Å²) in [6, 6.07) is 0. The van der Waals surface area contributed by atoms with Crippen molar-refractivity contribution >= 4 is 11.7 Å². The molecule has 1 heterocycles. The summed E-state index contributed by atoms with van der Waals surface area (Å²) in [4.78, 5) is 31.2. The Morgan fingerprint density at radius 2 is 1.77 bits per heavy atom. The van der Waals surface area contributed by atoms with Crippen LogP contribution in [0, 0.1) is 45.3 Å². The molecule has 5 aliphatic rings. The molecule has 0 aromatic carbocycles. The number of aliphatic hydroxyl groups excluding tert-OH is 1. The molecule has 5 aliphatic carbocycles. The summed E-state index contributed by atoms with van der Waals surface area (Å²) in [6.45, 7) is 16.8. The molecular weight excluding hydrogens is 498 g/mol. The number of nitrogens with one attached hydrogen (secondary N) is 1. The van der Waals surface area contributed by atoms with Crippen LogP contribution >= 0.6 is 0 Å². The van der Waals surface area contributed by atoms with E-state index >= 15 is 0 Å². The number of aliphatic hydroxyl groups is 1. The largest absolute Gasteiger partial charge is 0.393 e. The van der Waals surface area contributed by atoms with E-state index in [9.17, 15) is 14.7 Å². The lowest BCUT2D eigenvalue weighted by Crippen LogP contribution is -2.67. The standard InChI is InChI=1S/C34H51N3O3/c1-21(2)28-23(38)18-34(36-27(40)19-37-17-16-35-20-37)15-14-32(6)22(29(28)34)8-9-25-31(5)12-11-26(39)30(3,4)24(31)10-13-33(25,32)7/h16-17,20-22,24-26,39H,8-15,18-19H2,1-7H3,(H,36,40)/t22-,24+,25-,26+,31+,32-,33-,34-/m1/s1. The first-order chi connectivity index (χ1) is 18.7. The van der Waals surface area contributed by atoms with E-state index in [0.29, 0.717) is 24.2 Å². The van der Waals surface area contributed by atoms with Crippen LogP contribution in [0.5, 0.6) is 0 Å². The molecule has 1 aromatic heterocycles. The fraction of sp³-hybridized carbons (Fsp3) is 0.794. The maximum Gasteiger partial charge on any atom is 0.240 e. The fourth-order valence-corrected chi connectivity index (χ4v) is 11.6. The predicted octanol–water partition coefficient (Wildman–Crippen LogP) is 6.09. The number of aromatic nitrogens is 2. The summed E-state index contributed by atoms with van der Waals surface area (Å²) < 4.78 is 1.80. The normalized spacial score (nSPS) is 44.1. The van der Waals surface area contributed by atoms with Gasteiger partial charge in [0.15, 0.2) is 5.78 Å². The Balaban J connectivity index is 1.39. The fourth-order valence-electron chi connectivity index (χ4n) is 11.6. The monoisotopic (exact) mass is 549 g/mol. The number of imidazole rings is 1. The van der Waals surface area contributed by atoms with Crippen molar-refractivity contribution in [2.45, 2.75) is 124 Å². The summed E-state index contributed by atoms with van der Waals surface area (Å²) in [5.74, 6) is 1.80. The van der Waals surface area contributed by atoms with Crippen molar-refractivity contribution in [2.75, 3.05) is 0 Å². The second kappa shape index (κ2) is 9.02. The maximum absolute atomic E-state index is 13.7. The van der Waals surface area contributed by atoms with Gasteiger partial charge in [0, 0.05) is 18.8 Å². The molecule has 0 aliphatic heterocycles. The smallest absolute Gasteiger partial charge is 0.240 e. The Hall–Kier alpha value is -1.95. The van der Waals surface area contributed by atoms with E-state index in [-0.39, 0.29) is 51.9 Å². The average Bonchev–Trinajstić information content (AvgIpc) is 3.47. The molecule has 0 radical (unpaired) electrons. The van der Waals surface area contributed by atoms with Gasteiger partial charge in [-0.15, -0.1) is 0 Å². The van der Waals surface area contributed by atoms with Crippen molar-refractivity contribution in [3.8, 4) is 0 Å². The van der Waals surface area contributed by atoms with Crippen LogP contribution in [0.1, 0.15) is 106 Å². The van der Waals surface area contributed by atoms with Crippen LogP contribution in [0.15, 0.2) is 29.9 Å². The minimum absolute atomic E-state index is 0.0344. The van der Waals surface area contributed by atoms with Gasteiger partial charge in [-0.1, -0.05) is 48.5 Å². The van der Waals surface area contributed by atoms with Crippen molar-refractivity contribution in [3.05, 3.63) is 29.9 Å². The maximum atomic E-state index is 13.7. The van der Waals surface area contributed by atoms with E-state index in [2.05, 4.69) is 58.8 Å². The minimum Gasteiger partial charge on any atom is -0.393 e. The molecular formula is C34H51N3O3. The van der Waals surface area contributed by atoms with Gasteiger partial charge in [0.05, 0.1) is 18.0 Å². The van der Waals surface area contributed by atoms with Crippen molar-refractivity contribution in [3.63, 3.8) is 0 Å². The number of carbonyl (C=O) groups excluding carboxylic acids is 2. The lowest BCUT2D eigenvalue weighted by molar-refractivity contribution is -0.227. The van der Waals surface area contributed by atoms with Gasteiger partial charge in [0.1, 0.15) is 6.54 Å². The van der Waals surface area contributed by atoms with Gasteiger partial charge in [0.25, 0.3) is 0 Å². The Bertz CT molecular complexity index is 1230. The van der Waals surface area contributed by atoms with Gasteiger partial charge in [-0.3, -0.25) is 9.59 Å². The van der Waals surface area contributed by atoms with Crippen LogP contribution in [0.25, 0.3) is 0 Å². The number of nitrogens with zero attached hydrogens (tertiary/aromatic N) is 2. The summed E-state index contributed by atoms with van der Waals surface area (Å²) in [6.07, 6.45) is 13.8. The van der Waals surface area contributed by atoms with E-state index in [1.807, 2.05) is 6.20 Å². The van der Waals surface area contributed by atoms with Crippen LogP contribution in [0.4, 0.5) is 0 Å². The Labute approximate surface area is 240 Å². The second-order valence-corrected chi connectivity index (χ2v) is 15.9. The molecule has 1 amide bonds. The van der Waals surface area contributed by atoms with Gasteiger partial charge in [0.2, 0.25) is 5.91 Å². The number of ketones is 1. The molecule has 40 heavy (non-hydrogen) atoms. The highest BCUT2D eigenvalue weighted by Gasteiger charge is 2.70. The van der Waals surface area contributed by atoms with Gasteiger partial charge < -0.3 is 15.0 Å². The van der Waals surface area contributed by atoms with Crippen molar-refractivity contribution in [1.82, 2.24) is 14.9 Å². The van der Waals surface area contributed by atoms with Gasteiger partial charge in [-0.25, -0.2) is 4.98 Å². The molecule has 0 spiro atoms. The quantitative estimate of drug-likeness (QED) is 0.476. The van der Waals surface area contributed by atoms with E-state index in [1.165, 1.54) is 12.0 Å². The molecule has 0 unspecified atom stereocenters. The third kappa shape index (κ3) is 3.66. The summed E-state index contributed by atoms with van der Waals surface area (Å²) in [7, 11) is 0. The van der Waals surface area contributed by atoms with Crippen molar-refractivity contribution in [2.24, 2.45) is 45.3 Å². The molecule has 6 nitrogen and oxygen atoms in total. The van der Waals surface area contributed by atoms with E-state index in [1.54, 1.807) is 17.1 Å². The Morgan fingerprint density at radius 3 is 2.45 bits per heavy atom. The van der Waals surface area contributed by atoms with Crippen LogP contribution < -0.4 is 5.32 Å². The summed E-state index contributed by atoms with van der Waals surface area (Å²) in [5.41, 5.74) is 2.13. The summed E-state index contributed by atoms with van der Waals surface area (Å²) >= 11 is 0. The van der Waals surface area contributed by atoms with E-state index in [4.69, 9.17) is 0 Å². The number of rotatable bonds is 4. The Kier molecular flexibility index (Phi) is 6.36. The zero-order chi connectivity index (χ0) is 28.9. The van der Waals surface area contributed by atoms with Crippen LogP contribution in [0.3, 0.4) is 0 Å². The molecule has 4 saturated carbocycles. The molecule has 0 bridgehead atoms. The number of hydrogen-bond acceptors (Lipinski definition) is 4. The Morgan fingerprint density at radius 1 is 1.02 bits per heavy atom. The molecule has 6 heteroatoms. The zero-order valence-electron chi connectivity index (χ0n) is 25.8. The van der Waals surface area contributed by atoms with Crippen molar-refractivity contribution < 1.29 is 14.7 Å². The first-order valence-electron chi connectivity index (χ1n) is 15.9. The highest BCUT2D eigenvalue weighted by Crippen LogP contribution is 2.75. The number of fused-ring (bicyclic) bond motifs is 7. The molecule has 6 rings (SSSR count).